The van der Waals surface area contributed by atoms with Gasteiger partial charge in [0.25, 0.3) is 0 Å². The zero-order chi connectivity index (χ0) is 20.6. The molecule has 1 aliphatic heterocycles. The average molecular weight is 399 g/mol. The van der Waals surface area contributed by atoms with E-state index in [0.717, 1.165) is 12.0 Å². The van der Waals surface area contributed by atoms with Crippen molar-refractivity contribution < 1.29 is 19.1 Å². The van der Waals surface area contributed by atoms with Crippen LogP contribution in [0.2, 0.25) is 0 Å². The Labute approximate surface area is 174 Å². The molecule has 0 N–H and O–H groups in total. The van der Waals surface area contributed by atoms with Gasteiger partial charge in [-0.3, -0.25) is 9.59 Å². The molecule has 30 heavy (non-hydrogen) atoms. The highest BCUT2D eigenvalue weighted by Crippen LogP contribution is 2.65. The molecule has 2 saturated carbocycles. The van der Waals surface area contributed by atoms with Gasteiger partial charge in [-0.05, 0) is 67.3 Å². The lowest BCUT2D eigenvalue weighted by atomic mass is 9.63. The number of hydrogen-bond donors (Lipinski definition) is 0. The van der Waals surface area contributed by atoms with Gasteiger partial charge >= 0.3 is 5.97 Å². The molecule has 7 rings (SSSR count). The highest BCUT2D eigenvalue weighted by molar-refractivity contribution is 6.23. The normalized spacial score (nSPS) is 32.8. The Hall–Kier alpha value is -3.21. The second kappa shape index (κ2) is 6.14. The van der Waals surface area contributed by atoms with E-state index in [-0.39, 0.29) is 35.5 Å². The van der Waals surface area contributed by atoms with Crippen molar-refractivity contribution in [3.05, 3.63) is 71.8 Å². The molecule has 2 amide bonds. The van der Waals surface area contributed by atoms with Crippen molar-refractivity contribution in [3.63, 3.8) is 0 Å². The van der Waals surface area contributed by atoms with Crippen LogP contribution in [0.3, 0.4) is 0 Å². The maximum atomic E-state index is 13.3. The Morgan fingerprint density at radius 2 is 1.57 bits per heavy atom. The van der Waals surface area contributed by atoms with E-state index in [2.05, 4.69) is 12.2 Å². The van der Waals surface area contributed by atoms with Crippen molar-refractivity contribution in [2.75, 3.05) is 4.90 Å². The molecule has 150 valence electrons. The summed E-state index contributed by atoms with van der Waals surface area (Å²) in [5.74, 6) is 0.679. The predicted molar refractivity (Wildman–Crippen MR) is 110 cm³/mol. The Morgan fingerprint density at radius 3 is 2.20 bits per heavy atom. The van der Waals surface area contributed by atoms with Gasteiger partial charge < -0.3 is 4.74 Å². The van der Waals surface area contributed by atoms with Gasteiger partial charge in [-0.1, -0.05) is 35.9 Å². The number of benzene rings is 2. The minimum absolute atomic E-state index is 0.126. The molecule has 0 aromatic heterocycles. The van der Waals surface area contributed by atoms with E-state index in [9.17, 15) is 14.4 Å². The van der Waals surface area contributed by atoms with Gasteiger partial charge in [-0.2, -0.15) is 0 Å². The van der Waals surface area contributed by atoms with Crippen LogP contribution in [0.15, 0.2) is 60.7 Å². The lowest BCUT2D eigenvalue weighted by molar-refractivity contribution is -0.124. The molecule has 0 radical (unpaired) electrons. The van der Waals surface area contributed by atoms with Crippen molar-refractivity contribution in [2.45, 2.75) is 13.3 Å². The lowest BCUT2D eigenvalue weighted by Crippen LogP contribution is -2.40. The first kappa shape index (κ1) is 17.6. The number of nitrogens with zero attached hydrogens (tertiary/aromatic N) is 1. The molecule has 2 aromatic rings. The molecule has 5 nitrogen and oxygen atoms in total. The fourth-order valence-corrected chi connectivity index (χ4v) is 5.76. The minimum atomic E-state index is -0.514. The van der Waals surface area contributed by atoms with Crippen molar-refractivity contribution in [1.82, 2.24) is 0 Å². The standard InChI is InChI=1S/C25H21NO4/c1-13-5-7-16(8-6-13)30-25(29)14-3-2-4-15(11-14)26-23(27)21-17-9-10-18(20-12-19(17)20)22(21)24(26)28/h2-11,17-22H,12H2,1H3/t17-,18+,19-,20-,21+,22-/m1/s1. The number of carbonyl (C=O) groups is 3. The van der Waals surface area contributed by atoms with Crippen molar-refractivity contribution in [3.8, 4) is 5.75 Å². The third-order valence-corrected chi connectivity index (χ3v) is 7.23. The van der Waals surface area contributed by atoms with E-state index in [1.807, 2.05) is 19.1 Å². The maximum absolute atomic E-state index is 13.3. The number of imide groups is 1. The molecule has 2 aromatic carbocycles. The number of carbonyl (C=O) groups excluding carboxylic acids is 3. The maximum Gasteiger partial charge on any atom is 0.343 e. The molecule has 4 aliphatic carbocycles. The monoisotopic (exact) mass is 399 g/mol. The number of anilines is 1. The van der Waals surface area contributed by atoms with Crippen LogP contribution >= 0.6 is 0 Å². The number of esters is 1. The number of amides is 2. The first-order valence-electron chi connectivity index (χ1n) is 10.5. The summed E-state index contributed by atoms with van der Waals surface area (Å²) in [6.45, 7) is 1.96. The van der Waals surface area contributed by atoms with Crippen LogP contribution in [0.5, 0.6) is 5.75 Å². The van der Waals surface area contributed by atoms with Crippen molar-refractivity contribution >= 4 is 23.5 Å². The van der Waals surface area contributed by atoms with Gasteiger partial charge in [0.05, 0.1) is 23.1 Å². The van der Waals surface area contributed by atoms with Crippen LogP contribution in [-0.2, 0) is 9.59 Å². The van der Waals surface area contributed by atoms with Crippen molar-refractivity contribution in [1.29, 1.82) is 0 Å². The summed E-state index contributed by atoms with van der Waals surface area (Å²) in [6, 6.07) is 13.8. The summed E-state index contributed by atoms with van der Waals surface area (Å²) >= 11 is 0. The van der Waals surface area contributed by atoms with Crippen LogP contribution in [0, 0.1) is 42.4 Å². The van der Waals surface area contributed by atoms with Gasteiger partial charge in [0.1, 0.15) is 5.75 Å². The van der Waals surface area contributed by atoms with Gasteiger partial charge in [0, 0.05) is 0 Å². The SMILES string of the molecule is Cc1ccc(OC(=O)c2cccc(N3C(=O)[C@@H]4[C@H]5C=C[C@H]([C@H]6C[C@H]56)[C@@H]4C3=O)c2)cc1. The van der Waals surface area contributed by atoms with E-state index in [0.29, 0.717) is 28.8 Å². The Kier molecular flexibility index (Phi) is 3.61. The first-order valence-corrected chi connectivity index (χ1v) is 10.5. The minimum Gasteiger partial charge on any atom is -0.423 e. The third kappa shape index (κ3) is 2.44. The number of allylic oxidation sites excluding steroid dienone is 2. The number of ether oxygens (including phenoxy) is 1. The summed E-state index contributed by atoms with van der Waals surface area (Å²) in [7, 11) is 0. The summed E-state index contributed by atoms with van der Waals surface area (Å²) in [4.78, 5) is 40.5. The smallest absolute Gasteiger partial charge is 0.343 e. The molecular formula is C25H21NO4. The molecule has 1 saturated heterocycles. The fraction of sp³-hybridized carbons (Fsp3) is 0.320. The van der Waals surface area contributed by atoms with Crippen LogP contribution in [-0.4, -0.2) is 17.8 Å². The highest BCUT2D eigenvalue weighted by Gasteiger charge is 2.67. The highest BCUT2D eigenvalue weighted by atomic mass is 16.5. The lowest BCUT2D eigenvalue weighted by Gasteiger charge is -2.37. The summed E-state index contributed by atoms with van der Waals surface area (Å²) < 4.78 is 5.45. The molecule has 5 aliphatic rings. The topological polar surface area (TPSA) is 63.7 Å². The quantitative estimate of drug-likeness (QED) is 0.341. The largest absolute Gasteiger partial charge is 0.423 e. The molecular weight excluding hydrogens is 378 g/mol. The molecule has 6 atom stereocenters. The third-order valence-electron chi connectivity index (χ3n) is 7.23. The molecule has 0 unspecified atom stereocenters. The molecule has 0 spiro atoms. The summed E-state index contributed by atoms with van der Waals surface area (Å²) in [5, 5.41) is 0. The number of rotatable bonds is 3. The molecule has 3 fully saturated rings. The summed E-state index contributed by atoms with van der Waals surface area (Å²) in [5.41, 5.74) is 1.84. The Balaban J connectivity index is 1.28. The van der Waals surface area contributed by atoms with Gasteiger partial charge in [0.2, 0.25) is 11.8 Å². The van der Waals surface area contributed by atoms with Crippen LogP contribution in [0.1, 0.15) is 22.3 Å². The van der Waals surface area contributed by atoms with Crippen LogP contribution in [0.25, 0.3) is 0 Å². The Bertz CT molecular complexity index is 1080. The fourth-order valence-electron chi connectivity index (χ4n) is 5.76. The van der Waals surface area contributed by atoms with E-state index < -0.39 is 5.97 Å². The van der Waals surface area contributed by atoms with E-state index in [1.165, 1.54) is 4.90 Å². The predicted octanol–water partition coefficient (Wildman–Crippen LogP) is 3.77. The summed E-state index contributed by atoms with van der Waals surface area (Å²) in [6.07, 6.45) is 5.45. The zero-order valence-electron chi connectivity index (χ0n) is 16.5. The first-order chi connectivity index (χ1) is 14.5. The van der Waals surface area contributed by atoms with Crippen LogP contribution < -0.4 is 9.64 Å². The van der Waals surface area contributed by atoms with Crippen molar-refractivity contribution in [2.24, 2.45) is 35.5 Å². The second-order valence-electron chi connectivity index (χ2n) is 8.92. The van der Waals surface area contributed by atoms with E-state index in [1.54, 1.807) is 36.4 Å². The van der Waals surface area contributed by atoms with Gasteiger partial charge in [0.15, 0.2) is 0 Å². The molecule has 5 heteroatoms. The van der Waals surface area contributed by atoms with E-state index in [4.69, 9.17) is 4.74 Å². The van der Waals surface area contributed by atoms with Gasteiger partial charge in [-0.25, -0.2) is 9.69 Å². The molecule has 2 bridgehead atoms. The number of aryl methyl sites for hydroxylation is 1. The average Bonchev–Trinajstić information content (AvgIpc) is 3.53. The second-order valence-corrected chi connectivity index (χ2v) is 8.92. The zero-order valence-corrected chi connectivity index (χ0v) is 16.5. The number of hydrogen-bond acceptors (Lipinski definition) is 4. The van der Waals surface area contributed by atoms with Gasteiger partial charge in [-0.15, -0.1) is 0 Å². The van der Waals surface area contributed by atoms with E-state index >= 15 is 0 Å². The molecule has 1 heterocycles. The Morgan fingerprint density at radius 1 is 0.933 bits per heavy atom. The van der Waals surface area contributed by atoms with Crippen LogP contribution in [0.4, 0.5) is 5.69 Å².